The number of benzene rings is 1. The van der Waals surface area contributed by atoms with Gasteiger partial charge in [-0.3, -0.25) is 4.79 Å². The number of rotatable bonds is 2. The van der Waals surface area contributed by atoms with Crippen LogP contribution in [0, 0.1) is 29.1 Å². The Morgan fingerprint density at radius 2 is 1.42 bits per heavy atom. The van der Waals surface area contributed by atoms with Crippen LogP contribution < -0.4 is 0 Å². The molecule has 0 radical (unpaired) electrons. The first-order valence-electron chi connectivity index (χ1n) is 4.76. The Hall–Kier alpha value is -2.38. The Kier molecular flexibility index (Phi) is 3.24. The summed E-state index contributed by atoms with van der Waals surface area (Å²) < 4.78 is 65.9. The lowest BCUT2D eigenvalue weighted by atomic mass is 10.1. The summed E-state index contributed by atoms with van der Waals surface area (Å²) in [6.07, 6.45) is 1.86. The lowest BCUT2D eigenvalue weighted by Crippen LogP contribution is -2.06. The predicted octanol–water partition coefficient (Wildman–Crippen LogP) is 2.65. The van der Waals surface area contributed by atoms with Gasteiger partial charge in [-0.2, -0.15) is 0 Å². The van der Waals surface area contributed by atoms with Gasteiger partial charge in [0, 0.05) is 6.20 Å². The summed E-state index contributed by atoms with van der Waals surface area (Å²) >= 11 is 0. The minimum Gasteiger partial charge on any atom is -0.298 e. The maximum atomic E-state index is 13.5. The summed E-state index contributed by atoms with van der Waals surface area (Å²) in [7, 11) is 0. The van der Waals surface area contributed by atoms with Gasteiger partial charge in [-0.1, -0.05) is 0 Å². The van der Waals surface area contributed by atoms with E-state index in [0.29, 0.717) is 0 Å². The van der Waals surface area contributed by atoms with E-state index in [-0.39, 0.29) is 6.29 Å². The molecule has 0 atom stereocenters. The molecule has 1 aromatic carbocycles. The zero-order chi connectivity index (χ0) is 14.2. The summed E-state index contributed by atoms with van der Waals surface area (Å²) in [5.74, 6) is -10.6. The van der Waals surface area contributed by atoms with Crippen LogP contribution in [-0.4, -0.2) is 16.3 Å². The van der Waals surface area contributed by atoms with Crippen LogP contribution >= 0.6 is 0 Å². The molecule has 2 aromatic rings. The van der Waals surface area contributed by atoms with E-state index in [1.165, 1.54) is 0 Å². The van der Waals surface area contributed by atoms with Gasteiger partial charge in [0.2, 0.25) is 5.82 Å². The lowest BCUT2D eigenvalue weighted by Gasteiger charge is -2.08. The zero-order valence-corrected chi connectivity index (χ0v) is 8.92. The molecule has 1 aromatic heterocycles. The fraction of sp³-hybridized carbons (Fsp3) is 0. The maximum Gasteiger partial charge on any atom is 0.200 e. The fourth-order valence-corrected chi connectivity index (χ4v) is 1.45. The van der Waals surface area contributed by atoms with E-state index in [1.807, 2.05) is 0 Å². The van der Waals surface area contributed by atoms with Gasteiger partial charge in [-0.25, -0.2) is 31.9 Å². The number of carbonyl (C=O) groups is 1. The molecule has 3 nitrogen and oxygen atoms in total. The number of nitrogens with zero attached hydrogens (tertiary/aromatic N) is 2. The van der Waals surface area contributed by atoms with Crippen LogP contribution in [0.2, 0.25) is 0 Å². The number of hydrogen-bond acceptors (Lipinski definition) is 3. The number of aldehydes is 1. The molecular weight excluding hydrogens is 271 g/mol. The number of hydrogen-bond donors (Lipinski definition) is 0. The van der Waals surface area contributed by atoms with Crippen LogP contribution in [0.15, 0.2) is 12.5 Å². The highest BCUT2D eigenvalue weighted by molar-refractivity contribution is 5.85. The smallest absolute Gasteiger partial charge is 0.200 e. The number of aromatic nitrogens is 2. The third kappa shape index (κ3) is 1.94. The van der Waals surface area contributed by atoms with Crippen molar-refractivity contribution in [2.45, 2.75) is 0 Å². The average Bonchev–Trinajstić information content (AvgIpc) is 2.44. The highest BCUT2D eigenvalue weighted by Crippen LogP contribution is 2.31. The standard InChI is InChI=1S/C11H3F5N2O/c12-6-5(7(13)9(15)10(16)8(6)14)11-4(2-19)1-17-3-18-11/h1-3H. The minimum absolute atomic E-state index is 0.146. The van der Waals surface area contributed by atoms with Crippen molar-refractivity contribution in [1.29, 1.82) is 0 Å². The van der Waals surface area contributed by atoms with Crippen molar-refractivity contribution in [3.05, 3.63) is 47.2 Å². The Morgan fingerprint density at radius 3 is 1.95 bits per heavy atom. The molecule has 0 unspecified atom stereocenters. The fourth-order valence-electron chi connectivity index (χ4n) is 1.45. The second-order valence-corrected chi connectivity index (χ2v) is 3.39. The van der Waals surface area contributed by atoms with Crippen molar-refractivity contribution in [2.24, 2.45) is 0 Å². The van der Waals surface area contributed by atoms with Gasteiger partial charge in [0.1, 0.15) is 6.33 Å². The molecule has 0 amide bonds. The van der Waals surface area contributed by atoms with Crippen LogP contribution in [0.3, 0.4) is 0 Å². The molecule has 0 aliphatic heterocycles. The monoisotopic (exact) mass is 274 g/mol. The first-order chi connectivity index (χ1) is 8.99. The summed E-state index contributed by atoms with van der Waals surface area (Å²) in [5.41, 5.74) is -2.33. The van der Waals surface area contributed by atoms with Gasteiger partial charge < -0.3 is 0 Å². The van der Waals surface area contributed by atoms with Crippen LogP contribution in [0.25, 0.3) is 11.3 Å². The molecule has 0 fully saturated rings. The molecule has 0 saturated carbocycles. The van der Waals surface area contributed by atoms with Gasteiger partial charge in [0.25, 0.3) is 0 Å². The maximum absolute atomic E-state index is 13.5. The molecular formula is C11H3F5N2O. The SMILES string of the molecule is O=Cc1cncnc1-c1c(F)c(F)c(F)c(F)c1F. The van der Waals surface area contributed by atoms with Gasteiger partial charge in [0.15, 0.2) is 29.6 Å². The Labute approximate surface area is 102 Å². The van der Waals surface area contributed by atoms with Crippen LogP contribution in [0.4, 0.5) is 22.0 Å². The second kappa shape index (κ2) is 4.71. The molecule has 0 N–H and O–H groups in total. The molecule has 2 rings (SSSR count). The van der Waals surface area contributed by atoms with E-state index in [9.17, 15) is 26.7 Å². The van der Waals surface area contributed by atoms with Gasteiger partial charge >= 0.3 is 0 Å². The normalized spacial score (nSPS) is 10.6. The third-order valence-corrected chi connectivity index (χ3v) is 2.31. The van der Waals surface area contributed by atoms with Gasteiger partial charge in [0.05, 0.1) is 16.8 Å². The van der Waals surface area contributed by atoms with Crippen LogP contribution in [0.5, 0.6) is 0 Å². The van der Waals surface area contributed by atoms with Crippen molar-refractivity contribution in [1.82, 2.24) is 9.97 Å². The molecule has 0 spiro atoms. The summed E-state index contributed by atoms with van der Waals surface area (Å²) in [4.78, 5) is 17.5. The second-order valence-electron chi connectivity index (χ2n) is 3.39. The van der Waals surface area contributed by atoms with Crippen molar-refractivity contribution in [3.8, 4) is 11.3 Å². The predicted molar refractivity (Wildman–Crippen MR) is 52.6 cm³/mol. The highest BCUT2D eigenvalue weighted by atomic mass is 19.2. The third-order valence-electron chi connectivity index (χ3n) is 2.31. The first-order valence-corrected chi connectivity index (χ1v) is 4.76. The Morgan fingerprint density at radius 1 is 0.895 bits per heavy atom. The highest BCUT2D eigenvalue weighted by Gasteiger charge is 2.28. The Bertz CT molecular complexity index is 645. The summed E-state index contributed by atoms with van der Waals surface area (Å²) in [6.45, 7) is 0. The topological polar surface area (TPSA) is 42.9 Å². The summed E-state index contributed by atoms with van der Waals surface area (Å²) in [6, 6.07) is 0. The van der Waals surface area contributed by atoms with E-state index >= 15 is 0 Å². The van der Waals surface area contributed by atoms with Crippen molar-refractivity contribution in [2.75, 3.05) is 0 Å². The largest absolute Gasteiger partial charge is 0.298 e. The number of carbonyl (C=O) groups excluding carboxylic acids is 1. The molecule has 8 heteroatoms. The lowest BCUT2D eigenvalue weighted by molar-refractivity contribution is 0.112. The van der Waals surface area contributed by atoms with Gasteiger partial charge in [-0.05, 0) is 0 Å². The summed E-state index contributed by atoms with van der Waals surface area (Å²) in [5, 5.41) is 0. The van der Waals surface area contributed by atoms with Crippen molar-refractivity contribution < 1.29 is 26.7 Å². The quantitative estimate of drug-likeness (QED) is 0.366. The van der Waals surface area contributed by atoms with E-state index in [4.69, 9.17) is 0 Å². The molecule has 0 bridgehead atoms. The van der Waals surface area contributed by atoms with Gasteiger partial charge in [-0.15, -0.1) is 0 Å². The van der Waals surface area contributed by atoms with E-state index < -0.39 is 45.9 Å². The van der Waals surface area contributed by atoms with E-state index in [2.05, 4.69) is 9.97 Å². The van der Waals surface area contributed by atoms with Crippen molar-refractivity contribution >= 4 is 6.29 Å². The molecule has 1 heterocycles. The first kappa shape index (κ1) is 13.1. The molecule has 0 saturated heterocycles. The average molecular weight is 274 g/mol. The van der Waals surface area contributed by atoms with E-state index in [0.717, 1.165) is 12.5 Å². The Balaban J connectivity index is 2.87. The molecule has 0 aliphatic rings. The minimum atomic E-state index is -2.28. The number of halogens is 5. The molecule has 19 heavy (non-hydrogen) atoms. The van der Waals surface area contributed by atoms with Crippen LogP contribution in [0.1, 0.15) is 10.4 Å². The van der Waals surface area contributed by atoms with Crippen LogP contribution in [-0.2, 0) is 0 Å². The zero-order valence-electron chi connectivity index (χ0n) is 8.92. The van der Waals surface area contributed by atoms with E-state index in [1.54, 1.807) is 0 Å². The van der Waals surface area contributed by atoms with Crippen molar-refractivity contribution in [3.63, 3.8) is 0 Å². The molecule has 0 aliphatic carbocycles. The molecule has 98 valence electrons.